The molecule has 9 nitrogen and oxygen atoms in total. The number of carbonyl (C=O) groups is 4. The third kappa shape index (κ3) is 9.43. The van der Waals surface area contributed by atoms with E-state index in [4.69, 9.17) is 4.74 Å². The van der Waals surface area contributed by atoms with Crippen LogP contribution >= 0.6 is 0 Å². The SMILES string of the molecule is C=CC(=C)C(NC(=O)CC[C@H](NC(=O)OC(C)(C)C)C(=O)OC)C(=O)OC. The maximum absolute atomic E-state index is 12.1. The van der Waals surface area contributed by atoms with Crippen LogP contribution in [0.3, 0.4) is 0 Å². The van der Waals surface area contributed by atoms with Crippen LogP contribution in [-0.2, 0) is 28.6 Å². The highest BCUT2D eigenvalue weighted by Gasteiger charge is 2.27. The number of nitrogens with one attached hydrogen (secondary N) is 2. The van der Waals surface area contributed by atoms with Gasteiger partial charge in [0.25, 0.3) is 0 Å². The first-order valence-electron chi connectivity index (χ1n) is 8.21. The summed E-state index contributed by atoms with van der Waals surface area (Å²) in [5, 5.41) is 4.80. The van der Waals surface area contributed by atoms with Crippen molar-refractivity contribution in [2.75, 3.05) is 14.2 Å². The molecule has 152 valence electrons. The Morgan fingerprint density at radius 2 is 1.59 bits per heavy atom. The molecule has 0 radical (unpaired) electrons. The first kappa shape index (κ1) is 24.2. The van der Waals surface area contributed by atoms with E-state index in [1.54, 1.807) is 20.8 Å². The van der Waals surface area contributed by atoms with Gasteiger partial charge < -0.3 is 24.8 Å². The van der Waals surface area contributed by atoms with Crippen LogP contribution in [0, 0.1) is 0 Å². The minimum absolute atomic E-state index is 0.0633. The Balaban J connectivity index is 4.90. The molecular weight excluding hydrogens is 356 g/mol. The molecule has 0 aliphatic rings. The molecule has 27 heavy (non-hydrogen) atoms. The van der Waals surface area contributed by atoms with Crippen LogP contribution in [-0.4, -0.2) is 55.8 Å². The summed E-state index contributed by atoms with van der Waals surface area (Å²) in [7, 11) is 2.34. The minimum Gasteiger partial charge on any atom is -0.467 e. The van der Waals surface area contributed by atoms with Crippen LogP contribution in [0.1, 0.15) is 33.6 Å². The molecule has 2 N–H and O–H groups in total. The molecule has 0 fully saturated rings. The molecule has 2 amide bonds. The zero-order valence-corrected chi connectivity index (χ0v) is 16.4. The second kappa shape index (κ2) is 11.0. The van der Waals surface area contributed by atoms with Crippen molar-refractivity contribution in [3.8, 4) is 0 Å². The summed E-state index contributed by atoms with van der Waals surface area (Å²) in [6, 6.07) is -2.18. The van der Waals surface area contributed by atoms with Crippen molar-refractivity contribution < 1.29 is 33.4 Å². The van der Waals surface area contributed by atoms with E-state index in [9.17, 15) is 19.2 Å². The first-order chi connectivity index (χ1) is 12.4. The van der Waals surface area contributed by atoms with E-state index >= 15 is 0 Å². The fourth-order valence-electron chi connectivity index (χ4n) is 1.89. The number of carbonyl (C=O) groups excluding carboxylic acids is 4. The van der Waals surface area contributed by atoms with Crippen LogP contribution in [0.15, 0.2) is 24.8 Å². The summed E-state index contributed by atoms with van der Waals surface area (Å²) in [5.74, 6) is -1.98. The van der Waals surface area contributed by atoms with E-state index in [2.05, 4.69) is 33.3 Å². The number of amides is 2. The molecule has 0 bridgehead atoms. The molecule has 9 heteroatoms. The lowest BCUT2D eigenvalue weighted by Gasteiger charge is -2.22. The van der Waals surface area contributed by atoms with Gasteiger partial charge in [-0.1, -0.05) is 19.2 Å². The average molecular weight is 384 g/mol. The number of hydrogen-bond acceptors (Lipinski definition) is 7. The van der Waals surface area contributed by atoms with Gasteiger partial charge in [-0.25, -0.2) is 14.4 Å². The lowest BCUT2D eigenvalue weighted by molar-refractivity contribution is -0.145. The smallest absolute Gasteiger partial charge is 0.408 e. The van der Waals surface area contributed by atoms with Crippen molar-refractivity contribution in [3.63, 3.8) is 0 Å². The normalized spacial score (nSPS) is 12.8. The summed E-state index contributed by atoms with van der Waals surface area (Å²) in [6.45, 7) is 12.1. The first-order valence-corrected chi connectivity index (χ1v) is 8.21. The van der Waals surface area contributed by atoms with Crippen LogP contribution < -0.4 is 10.6 Å². The second-order valence-electron chi connectivity index (χ2n) is 6.56. The lowest BCUT2D eigenvalue weighted by Crippen LogP contribution is -2.46. The number of esters is 2. The average Bonchev–Trinajstić information content (AvgIpc) is 2.59. The van der Waals surface area contributed by atoms with Crippen LogP contribution in [0.2, 0.25) is 0 Å². The zero-order chi connectivity index (χ0) is 21.2. The highest BCUT2D eigenvalue weighted by molar-refractivity contribution is 5.88. The van der Waals surface area contributed by atoms with Crippen molar-refractivity contribution in [1.82, 2.24) is 10.6 Å². The summed E-state index contributed by atoms with van der Waals surface area (Å²) in [5.41, 5.74) is -0.493. The van der Waals surface area contributed by atoms with E-state index in [1.807, 2.05) is 0 Å². The highest BCUT2D eigenvalue weighted by atomic mass is 16.6. The minimum atomic E-state index is -1.09. The van der Waals surface area contributed by atoms with Gasteiger partial charge in [-0.3, -0.25) is 4.79 Å². The molecule has 2 atom stereocenters. The van der Waals surface area contributed by atoms with Crippen LogP contribution in [0.25, 0.3) is 0 Å². The summed E-state index contributed by atoms with van der Waals surface area (Å²) in [4.78, 5) is 47.5. The van der Waals surface area contributed by atoms with Gasteiger partial charge in [0.15, 0.2) is 6.04 Å². The maximum Gasteiger partial charge on any atom is 0.408 e. The van der Waals surface area contributed by atoms with Crippen molar-refractivity contribution >= 4 is 23.9 Å². The molecule has 0 aromatic carbocycles. The van der Waals surface area contributed by atoms with Gasteiger partial charge in [-0.2, -0.15) is 0 Å². The molecule has 0 rings (SSSR count). The highest BCUT2D eigenvalue weighted by Crippen LogP contribution is 2.09. The largest absolute Gasteiger partial charge is 0.467 e. The quantitative estimate of drug-likeness (QED) is 0.348. The maximum atomic E-state index is 12.1. The van der Waals surface area contributed by atoms with E-state index < -0.39 is 41.6 Å². The molecule has 0 saturated carbocycles. The predicted octanol–water partition coefficient (Wildman–Crippen LogP) is 1.23. The van der Waals surface area contributed by atoms with Crippen molar-refractivity contribution in [2.45, 2.75) is 51.3 Å². The number of rotatable bonds is 9. The molecular formula is C18H28N2O7. The molecule has 0 aromatic rings. The van der Waals surface area contributed by atoms with E-state index in [0.29, 0.717) is 0 Å². The number of ether oxygens (including phenoxy) is 3. The Morgan fingerprint density at radius 1 is 1.04 bits per heavy atom. The van der Waals surface area contributed by atoms with E-state index in [1.165, 1.54) is 13.2 Å². The van der Waals surface area contributed by atoms with Gasteiger partial charge in [0.1, 0.15) is 11.6 Å². The Hall–Kier alpha value is -2.84. The molecule has 0 saturated heterocycles. The van der Waals surface area contributed by atoms with Gasteiger partial charge in [0.2, 0.25) is 5.91 Å². The van der Waals surface area contributed by atoms with Crippen molar-refractivity contribution in [3.05, 3.63) is 24.8 Å². The summed E-state index contributed by atoms with van der Waals surface area (Å²) in [6.07, 6.45) is 0.272. The summed E-state index contributed by atoms with van der Waals surface area (Å²) < 4.78 is 14.3. The summed E-state index contributed by atoms with van der Waals surface area (Å²) >= 11 is 0. The van der Waals surface area contributed by atoms with Crippen LogP contribution in [0.4, 0.5) is 4.79 Å². The second-order valence-corrected chi connectivity index (χ2v) is 6.56. The van der Waals surface area contributed by atoms with Gasteiger partial charge in [-0.15, -0.1) is 0 Å². The third-order valence-electron chi connectivity index (χ3n) is 3.21. The molecule has 0 spiro atoms. The van der Waals surface area contributed by atoms with Gasteiger partial charge in [-0.05, 0) is 32.8 Å². The van der Waals surface area contributed by atoms with E-state index in [0.717, 1.165) is 7.11 Å². The third-order valence-corrected chi connectivity index (χ3v) is 3.21. The molecule has 0 heterocycles. The number of methoxy groups -OCH3 is 2. The fraction of sp³-hybridized carbons (Fsp3) is 0.556. The Bertz CT molecular complexity index is 593. The van der Waals surface area contributed by atoms with Gasteiger partial charge in [0.05, 0.1) is 14.2 Å². The van der Waals surface area contributed by atoms with E-state index in [-0.39, 0.29) is 18.4 Å². The van der Waals surface area contributed by atoms with Crippen molar-refractivity contribution in [1.29, 1.82) is 0 Å². The fourth-order valence-corrected chi connectivity index (χ4v) is 1.89. The van der Waals surface area contributed by atoms with Crippen molar-refractivity contribution in [2.24, 2.45) is 0 Å². The topological polar surface area (TPSA) is 120 Å². The lowest BCUT2D eigenvalue weighted by atomic mass is 10.1. The molecule has 0 aromatic heterocycles. The Labute approximate surface area is 159 Å². The van der Waals surface area contributed by atoms with Gasteiger partial charge >= 0.3 is 18.0 Å². The zero-order valence-electron chi connectivity index (χ0n) is 16.4. The standard InChI is InChI=1S/C18H28N2O7/c1-8-11(2)14(16(23)26-7)20-13(21)10-9-12(15(22)25-6)19-17(24)27-18(3,4)5/h8,12,14H,1-2,9-10H2,3-7H3,(H,19,24)(H,20,21)/t12-,14?/m0/s1. The molecule has 0 aliphatic heterocycles. The number of hydrogen-bond donors (Lipinski definition) is 2. The Kier molecular flexibility index (Phi) is 9.84. The molecule has 0 aliphatic carbocycles. The van der Waals surface area contributed by atoms with Crippen LogP contribution in [0.5, 0.6) is 0 Å². The molecule has 1 unspecified atom stereocenters. The number of alkyl carbamates (subject to hydrolysis) is 1. The van der Waals surface area contributed by atoms with Gasteiger partial charge in [0, 0.05) is 6.42 Å². The Morgan fingerprint density at radius 3 is 2.04 bits per heavy atom. The predicted molar refractivity (Wildman–Crippen MR) is 97.7 cm³/mol. The monoisotopic (exact) mass is 384 g/mol.